The Balaban J connectivity index is 1.58. The van der Waals surface area contributed by atoms with E-state index in [1.54, 1.807) is 30.3 Å². The third kappa shape index (κ3) is 3.51. The zero-order valence-corrected chi connectivity index (χ0v) is 15.6. The molecule has 130 valence electrons. The largest absolute Gasteiger partial charge is 0.459 e. The Morgan fingerprint density at radius 1 is 1.04 bits per heavy atom. The molecule has 1 atom stereocenters. The van der Waals surface area contributed by atoms with Gasteiger partial charge in [0.25, 0.3) is 0 Å². The number of carbonyl (C=O) groups is 1. The Morgan fingerprint density at radius 3 is 2.62 bits per heavy atom. The van der Waals surface area contributed by atoms with Crippen molar-refractivity contribution in [3.63, 3.8) is 0 Å². The van der Waals surface area contributed by atoms with Gasteiger partial charge in [0.15, 0.2) is 5.17 Å². The molecule has 0 bridgehead atoms. The van der Waals surface area contributed by atoms with Crippen molar-refractivity contribution >= 4 is 51.7 Å². The van der Waals surface area contributed by atoms with Crippen molar-refractivity contribution < 1.29 is 9.21 Å². The fraction of sp³-hybridized carbons (Fsp3) is 0.0526. The zero-order valence-electron chi connectivity index (χ0n) is 13.3. The van der Waals surface area contributed by atoms with Crippen molar-refractivity contribution in [2.24, 2.45) is 4.99 Å². The van der Waals surface area contributed by atoms with Crippen LogP contribution in [-0.4, -0.2) is 11.1 Å². The molecule has 1 amide bonds. The van der Waals surface area contributed by atoms with Crippen LogP contribution in [0, 0.1) is 0 Å². The molecule has 1 saturated heterocycles. The number of para-hydroxylation sites is 1. The molecule has 1 aromatic heterocycles. The van der Waals surface area contributed by atoms with E-state index in [0.29, 0.717) is 26.7 Å². The predicted molar refractivity (Wildman–Crippen MR) is 106 cm³/mol. The molecule has 0 radical (unpaired) electrons. The molecule has 2 aromatic carbocycles. The van der Waals surface area contributed by atoms with Crippen molar-refractivity contribution in [2.75, 3.05) is 0 Å². The van der Waals surface area contributed by atoms with Gasteiger partial charge in [0, 0.05) is 10.6 Å². The summed E-state index contributed by atoms with van der Waals surface area (Å²) in [6, 6.07) is 18.2. The fourth-order valence-electron chi connectivity index (χ4n) is 2.55. The molecule has 0 spiro atoms. The van der Waals surface area contributed by atoms with Gasteiger partial charge in [-0.15, -0.1) is 0 Å². The van der Waals surface area contributed by atoms with Crippen LogP contribution in [0.1, 0.15) is 11.0 Å². The topological polar surface area (TPSA) is 54.6 Å². The maximum Gasteiger partial charge on any atom is 0.247 e. The van der Waals surface area contributed by atoms with Gasteiger partial charge in [-0.3, -0.25) is 4.79 Å². The maximum atomic E-state index is 12.3. The number of carbonyl (C=O) groups excluding carboxylic acids is 1. The molecule has 7 heteroatoms. The number of rotatable bonds is 3. The van der Waals surface area contributed by atoms with Gasteiger partial charge in [-0.1, -0.05) is 53.2 Å². The number of nitrogens with zero attached hydrogens (tertiary/aromatic N) is 1. The Kier molecular flexibility index (Phi) is 4.76. The summed E-state index contributed by atoms with van der Waals surface area (Å²) in [5, 5.41) is 3.90. The van der Waals surface area contributed by atoms with Gasteiger partial charge in [-0.2, -0.15) is 0 Å². The monoisotopic (exact) mass is 402 g/mol. The minimum Gasteiger partial charge on any atom is -0.459 e. The summed E-state index contributed by atoms with van der Waals surface area (Å²) >= 11 is 13.5. The van der Waals surface area contributed by atoms with Crippen LogP contribution in [0.3, 0.4) is 0 Å². The molecular weight excluding hydrogens is 391 g/mol. The third-order valence-electron chi connectivity index (χ3n) is 3.77. The van der Waals surface area contributed by atoms with E-state index in [9.17, 15) is 4.79 Å². The molecule has 1 fully saturated rings. The molecule has 26 heavy (non-hydrogen) atoms. The minimum atomic E-state index is -0.489. The average Bonchev–Trinajstić information content (AvgIpc) is 3.22. The van der Waals surface area contributed by atoms with Gasteiger partial charge in [-0.25, -0.2) is 4.99 Å². The number of amides is 1. The highest BCUT2D eigenvalue weighted by Crippen LogP contribution is 2.39. The molecular formula is C19H12Cl2N2O2S. The van der Waals surface area contributed by atoms with E-state index in [0.717, 1.165) is 11.3 Å². The van der Waals surface area contributed by atoms with E-state index in [4.69, 9.17) is 27.6 Å². The van der Waals surface area contributed by atoms with Crippen LogP contribution < -0.4 is 5.32 Å². The number of halogens is 2. The third-order valence-corrected chi connectivity index (χ3v) is 5.41. The van der Waals surface area contributed by atoms with E-state index in [1.807, 2.05) is 30.3 Å². The van der Waals surface area contributed by atoms with E-state index in [2.05, 4.69) is 10.3 Å². The Labute approximate surface area is 164 Å². The summed E-state index contributed by atoms with van der Waals surface area (Å²) in [7, 11) is 0. The molecule has 2 heterocycles. The SMILES string of the molecule is O=C1NC(=Nc2ccccc2)SC1c1ccc(-c2ccc(Cl)cc2Cl)o1. The van der Waals surface area contributed by atoms with Gasteiger partial charge in [-0.05, 0) is 42.5 Å². The molecule has 1 unspecified atom stereocenters. The van der Waals surface area contributed by atoms with E-state index < -0.39 is 5.25 Å². The number of aliphatic imine (C=N–C) groups is 1. The van der Waals surface area contributed by atoms with Crippen molar-refractivity contribution in [3.05, 3.63) is 76.5 Å². The molecule has 3 aromatic rings. The molecule has 1 N–H and O–H groups in total. The van der Waals surface area contributed by atoms with Gasteiger partial charge < -0.3 is 9.73 Å². The molecule has 4 rings (SSSR count). The van der Waals surface area contributed by atoms with Crippen LogP contribution in [-0.2, 0) is 4.79 Å². The molecule has 0 aliphatic carbocycles. The Bertz CT molecular complexity index is 1000. The van der Waals surface area contributed by atoms with E-state index in [1.165, 1.54) is 11.8 Å². The fourth-order valence-corrected chi connectivity index (χ4v) is 4.01. The van der Waals surface area contributed by atoms with Crippen LogP contribution in [0.4, 0.5) is 5.69 Å². The van der Waals surface area contributed by atoms with Crippen molar-refractivity contribution in [1.82, 2.24) is 5.32 Å². The molecule has 1 aliphatic rings. The second kappa shape index (κ2) is 7.19. The summed E-state index contributed by atoms with van der Waals surface area (Å²) in [6.45, 7) is 0. The Morgan fingerprint density at radius 2 is 1.85 bits per heavy atom. The predicted octanol–water partition coefficient (Wildman–Crippen LogP) is 5.85. The molecule has 4 nitrogen and oxygen atoms in total. The number of hydrogen-bond donors (Lipinski definition) is 1. The van der Waals surface area contributed by atoms with Gasteiger partial charge >= 0.3 is 0 Å². The first-order chi connectivity index (χ1) is 12.6. The number of nitrogens with one attached hydrogen (secondary N) is 1. The molecule has 1 aliphatic heterocycles. The lowest BCUT2D eigenvalue weighted by molar-refractivity contribution is -0.119. The van der Waals surface area contributed by atoms with E-state index in [-0.39, 0.29) is 5.91 Å². The standard InChI is InChI=1S/C19H12Cl2N2O2S/c20-11-6-7-13(14(21)10-11)15-8-9-16(25-15)17-18(24)23-19(26-17)22-12-4-2-1-3-5-12/h1-10,17H,(H,22,23,24). The lowest BCUT2D eigenvalue weighted by Gasteiger charge is -2.03. The number of thioether (sulfide) groups is 1. The number of amidine groups is 1. The first kappa shape index (κ1) is 17.2. The first-order valence-electron chi connectivity index (χ1n) is 7.76. The van der Waals surface area contributed by atoms with Crippen molar-refractivity contribution in [2.45, 2.75) is 5.25 Å². The summed E-state index contributed by atoms with van der Waals surface area (Å²) < 4.78 is 5.88. The van der Waals surface area contributed by atoms with Crippen LogP contribution in [0.5, 0.6) is 0 Å². The summed E-state index contributed by atoms with van der Waals surface area (Å²) in [5.74, 6) is 0.975. The quantitative estimate of drug-likeness (QED) is 0.597. The van der Waals surface area contributed by atoms with Gasteiger partial charge in [0.2, 0.25) is 5.91 Å². The second-order valence-electron chi connectivity index (χ2n) is 5.57. The zero-order chi connectivity index (χ0) is 18.1. The second-order valence-corrected chi connectivity index (χ2v) is 7.50. The number of furan rings is 1. The van der Waals surface area contributed by atoms with Crippen molar-refractivity contribution in [1.29, 1.82) is 0 Å². The summed E-state index contributed by atoms with van der Waals surface area (Å²) in [5.41, 5.74) is 1.51. The normalized spacial score (nSPS) is 18.3. The summed E-state index contributed by atoms with van der Waals surface area (Å²) in [6.07, 6.45) is 0. The van der Waals surface area contributed by atoms with Crippen LogP contribution >= 0.6 is 35.0 Å². The van der Waals surface area contributed by atoms with Crippen LogP contribution in [0.15, 0.2) is 70.1 Å². The average molecular weight is 403 g/mol. The lowest BCUT2D eigenvalue weighted by atomic mass is 10.2. The van der Waals surface area contributed by atoms with Gasteiger partial charge in [0.05, 0.1) is 10.7 Å². The highest BCUT2D eigenvalue weighted by molar-refractivity contribution is 8.15. The minimum absolute atomic E-state index is 0.159. The lowest BCUT2D eigenvalue weighted by Crippen LogP contribution is -2.21. The first-order valence-corrected chi connectivity index (χ1v) is 9.40. The van der Waals surface area contributed by atoms with Gasteiger partial charge in [0.1, 0.15) is 16.8 Å². The smallest absolute Gasteiger partial charge is 0.247 e. The van der Waals surface area contributed by atoms with Crippen molar-refractivity contribution in [3.8, 4) is 11.3 Å². The summed E-state index contributed by atoms with van der Waals surface area (Å²) in [4.78, 5) is 16.8. The van der Waals surface area contributed by atoms with Crippen LogP contribution in [0.25, 0.3) is 11.3 Å². The van der Waals surface area contributed by atoms with E-state index >= 15 is 0 Å². The molecule has 0 saturated carbocycles. The van der Waals surface area contributed by atoms with Crippen LogP contribution in [0.2, 0.25) is 10.0 Å². The Hall–Kier alpha value is -2.21. The number of benzene rings is 2. The maximum absolute atomic E-state index is 12.3. The highest BCUT2D eigenvalue weighted by atomic mass is 35.5. The highest BCUT2D eigenvalue weighted by Gasteiger charge is 2.34. The number of hydrogen-bond acceptors (Lipinski definition) is 4.